The first-order valence-corrected chi connectivity index (χ1v) is 14.0. The second kappa shape index (κ2) is 11.7. The summed E-state index contributed by atoms with van der Waals surface area (Å²) >= 11 is 0. The van der Waals surface area contributed by atoms with Crippen LogP contribution in [0.25, 0.3) is 0 Å². The van der Waals surface area contributed by atoms with Crippen LogP contribution in [0, 0.1) is 0 Å². The number of nitrogens with zero attached hydrogens (tertiary/aromatic N) is 4. The van der Waals surface area contributed by atoms with Gasteiger partial charge in [0.05, 0.1) is 6.04 Å². The van der Waals surface area contributed by atoms with Crippen molar-refractivity contribution in [3.8, 4) is 0 Å². The number of nitrogens with one attached hydrogen (secondary N) is 2. The summed E-state index contributed by atoms with van der Waals surface area (Å²) in [5.41, 5.74) is 0.720. The maximum Gasteiger partial charge on any atom is 0.437 e. The van der Waals surface area contributed by atoms with E-state index < -0.39 is 63.9 Å². The van der Waals surface area contributed by atoms with Crippen LogP contribution in [0.1, 0.15) is 60.8 Å². The Hall–Kier alpha value is -3.22. The Balaban J connectivity index is 1.59. The van der Waals surface area contributed by atoms with Crippen LogP contribution in [0.15, 0.2) is 4.99 Å². The fourth-order valence-corrected chi connectivity index (χ4v) is 4.66. The maximum atomic E-state index is 12.8. The van der Waals surface area contributed by atoms with Gasteiger partial charge in [-0.3, -0.25) is 19.5 Å². The van der Waals surface area contributed by atoms with Crippen LogP contribution in [-0.2, 0) is 33.8 Å². The molecule has 0 aliphatic carbocycles. The fraction of sp³-hybridized carbons (Fsp3) is 0.773. The zero-order valence-corrected chi connectivity index (χ0v) is 24.0. The first-order valence-electron chi connectivity index (χ1n) is 12.6. The summed E-state index contributed by atoms with van der Waals surface area (Å²) in [6.45, 7) is 10.5. The molecule has 0 aromatic rings. The Morgan fingerprint density at radius 3 is 2.25 bits per heavy atom. The van der Waals surface area contributed by atoms with Gasteiger partial charge in [-0.2, -0.15) is 13.5 Å². The summed E-state index contributed by atoms with van der Waals surface area (Å²) < 4.78 is 45.9. The minimum Gasteiger partial charge on any atom is -0.444 e. The summed E-state index contributed by atoms with van der Waals surface area (Å²) in [7, 11) is -4.91. The summed E-state index contributed by atoms with van der Waals surface area (Å²) in [4.78, 5) is 62.2. The number of urea groups is 1. The predicted octanol–water partition coefficient (Wildman–Crippen LogP) is 0.927. The largest absolute Gasteiger partial charge is 0.444 e. The van der Waals surface area contributed by atoms with Crippen molar-refractivity contribution in [3.05, 3.63) is 0 Å². The topological polar surface area (TPSA) is 206 Å². The van der Waals surface area contributed by atoms with Crippen molar-refractivity contribution < 1.29 is 50.7 Å². The highest BCUT2D eigenvalue weighted by molar-refractivity contribution is 7.80. The van der Waals surface area contributed by atoms with E-state index in [1.165, 1.54) is 0 Å². The molecule has 0 aromatic carbocycles. The zero-order valence-electron chi connectivity index (χ0n) is 23.2. The lowest BCUT2D eigenvalue weighted by atomic mass is 10.0. The third-order valence-electron chi connectivity index (χ3n) is 5.77. The van der Waals surface area contributed by atoms with Gasteiger partial charge >= 0.3 is 28.6 Å². The minimum absolute atomic E-state index is 0.0322. The molecule has 3 aliphatic heterocycles. The van der Waals surface area contributed by atoms with Crippen LogP contribution in [-0.4, -0.2) is 107 Å². The number of hydroxylamine groups is 3. The van der Waals surface area contributed by atoms with Crippen LogP contribution in [0.2, 0.25) is 0 Å². The summed E-state index contributed by atoms with van der Waals surface area (Å²) in [5.74, 6) is -0.741. The maximum absolute atomic E-state index is 12.8. The van der Waals surface area contributed by atoms with E-state index in [0.29, 0.717) is 18.0 Å². The normalized spacial score (nSPS) is 23.8. The second-order valence-corrected chi connectivity index (χ2v) is 12.5. The van der Waals surface area contributed by atoms with Crippen molar-refractivity contribution in [2.75, 3.05) is 19.6 Å². The molecule has 226 valence electrons. The average molecular weight is 593 g/mol. The first kappa shape index (κ1) is 31.3. The second-order valence-electron chi connectivity index (χ2n) is 11.5. The molecule has 0 radical (unpaired) electrons. The summed E-state index contributed by atoms with van der Waals surface area (Å²) in [5, 5.41) is 3.01. The van der Waals surface area contributed by atoms with Crippen molar-refractivity contribution in [2.45, 2.75) is 90.2 Å². The minimum atomic E-state index is -4.91. The van der Waals surface area contributed by atoms with E-state index in [-0.39, 0.29) is 31.9 Å². The van der Waals surface area contributed by atoms with E-state index in [9.17, 15) is 27.6 Å². The van der Waals surface area contributed by atoms with Crippen LogP contribution < -0.4 is 10.8 Å². The van der Waals surface area contributed by atoms with Crippen LogP contribution >= 0.6 is 0 Å². The molecule has 3 saturated heterocycles. The molecule has 3 aliphatic rings. The van der Waals surface area contributed by atoms with Gasteiger partial charge in [-0.15, -0.1) is 9.28 Å². The number of ether oxygens (including phenoxy) is 2. The molecule has 5 amide bonds. The Bertz CT molecular complexity index is 1150. The van der Waals surface area contributed by atoms with Crippen molar-refractivity contribution in [3.63, 3.8) is 0 Å². The number of carbonyl (C=O) groups is 4. The Morgan fingerprint density at radius 1 is 1.00 bits per heavy atom. The summed E-state index contributed by atoms with van der Waals surface area (Å²) in [6.07, 6.45) is -1.47. The van der Waals surface area contributed by atoms with Crippen LogP contribution in [0.4, 0.5) is 14.4 Å². The number of likely N-dealkylation sites (tertiary alicyclic amines) is 1. The number of guanidine groups is 1. The smallest absolute Gasteiger partial charge is 0.437 e. The van der Waals surface area contributed by atoms with E-state index in [2.05, 4.69) is 20.1 Å². The highest BCUT2D eigenvalue weighted by atomic mass is 32.3. The quantitative estimate of drug-likeness (QED) is 0.176. The lowest BCUT2D eigenvalue weighted by Gasteiger charge is -2.29. The number of hydrogen-bond acceptors (Lipinski definition) is 10. The van der Waals surface area contributed by atoms with Gasteiger partial charge in [0.1, 0.15) is 23.3 Å². The predicted molar refractivity (Wildman–Crippen MR) is 136 cm³/mol. The van der Waals surface area contributed by atoms with Gasteiger partial charge in [0.25, 0.3) is 5.91 Å². The Kier molecular flexibility index (Phi) is 9.17. The van der Waals surface area contributed by atoms with Gasteiger partial charge in [-0.05, 0) is 60.8 Å². The molecule has 3 heterocycles. The van der Waals surface area contributed by atoms with E-state index >= 15 is 0 Å². The number of rotatable bonds is 5. The monoisotopic (exact) mass is 592 g/mol. The number of alkyl carbamates (subject to hydrolysis) is 1. The van der Waals surface area contributed by atoms with Gasteiger partial charge in [0, 0.05) is 19.6 Å². The molecule has 3 N–H and O–H groups in total. The summed E-state index contributed by atoms with van der Waals surface area (Å²) in [6, 6.07) is -2.46. The number of amides is 5. The van der Waals surface area contributed by atoms with Gasteiger partial charge in [0.2, 0.25) is 5.96 Å². The van der Waals surface area contributed by atoms with E-state index in [4.69, 9.17) is 18.9 Å². The Morgan fingerprint density at radius 2 is 1.65 bits per heavy atom. The van der Waals surface area contributed by atoms with E-state index in [0.717, 1.165) is 4.90 Å². The number of fused-ring (bicyclic) bond motifs is 2. The average Bonchev–Trinajstić information content (AvgIpc) is 3.33. The number of piperidine rings is 1. The lowest BCUT2D eigenvalue weighted by molar-refractivity contribution is -0.143. The fourth-order valence-electron chi connectivity index (χ4n) is 4.27. The third-order valence-corrected chi connectivity index (χ3v) is 6.12. The SMILES string of the molecule is CC(C)(C)OC(=O)N=C(NC(=O)OC(C)(C)C)N1CC[C@H](ONC(=O)[C@@H]2CC[C@@H]3CN2C(=O)N3OS(=O)(=O)O)C1. The molecular formula is C22H36N6O11S. The van der Waals surface area contributed by atoms with Crippen molar-refractivity contribution in [1.82, 2.24) is 25.7 Å². The van der Waals surface area contributed by atoms with Crippen molar-refractivity contribution in [1.29, 1.82) is 0 Å². The molecule has 18 heteroatoms. The number of carbonyl (C=O) groups excluding carboxylic acids is 4. The molecule has 0 unspecified atom stereocenters. The van der Waals surface area contributed by atoms with Gasteiger partial charge in [0.15, 0.2) is 0 Å². The lowest BCUT2D eigenvalue weighted by Crippen LogP contribution is -2.50. The molecule has 3 rings (SSSR count). The first-order chi connectivity index (χ1) is 18.3. The molecule has 17 nitrogen and oxygen atoms in total. The molecule has 3 fully saturated rings. The molecular weight excluding hydrogens is 556 g/mol. The molecule has 0 aromatic heterocycles. The third kappa shape index (κ3) is 8.90. The van der Waals surface area contributed by atoms with Crippen molar-refractivity contribution in [2.24, 2.45) is 4.99 Å². The van der Waals surface area contributed by atoms with Gasteiger partial charge in [-0.1, -0.05) is 0 Å². The van der Waals surface area contributed by atoms with Crippen molar-refractivity contribution >= 4 is 40.5 Å². The standard InChI is InChI=1S/C22H36N6O11S/c1-21(2,3)36-18(30)23-17(24-19(31)37-22(4,5)6)26-10-9-14(12-26)38-25-16(29)15-8-7-13-11-27(15)20(32)28(13)39-40(33,34)35/h13-15H,7-12H2,1-6H3,(H,25,29)(H,33,34,35)(H,23,24,30,31)/t13-,14+,15+/m1/s1. The Labute approximate surface area is 232 Å². The number of aliphatic imine (C=N–C) groups is 1. The molecule has 2 bridgehead atoms. The molecule has 40 heavy (non-hydrogen) atoms. The zero-order chi connectivity index (χ0) is 30.0. The molecule has 0 saturated carbocycles. The van der Waals surface area contributed by atoms with Gasteiger partial charge in [-0.25, -0.2) is 19.9 Å². The van der Waals surface area contributed by atoms with E-state index in [1.807, 2.05) is 0 Å². The molecule has 0 spiro atoms. The molecule has 3 atom stereocenters. The highest BCUT2D eigenvalue weighted by Crippen LogP contribution is 2.30. The highest BCUT2D eigenvalue weighted by Gasteiger charge is 2.49. The van der Waals surface area contributed by atoms with Crippen LogP contribution in [0.3, 0.4) is 0 Å². The van der Waals surface area contributed by atoms with E-state index in [1.54, 1.807) is 46.4 Å². The number of hydrogen-bond donors (Lipinski definition) is 3. The van der Waals surface area contributed by atoms with Gasteiger partial charge < -0.3 is 19.3 Å². The van der Waals surface area contributed by atoms with Crippen LogP contribution in [0.5, 0.6) is 0 Å².